The van der Waals surface area contributed by atoms with Crippen LogP contribution in [0.4, 0.5) is 13.2 Å². The Morgan fingerprint density at radius 1 is 1.43 bits per heavy atom. The quantitative estimate of drug-likeness (QED) is 0.746. The van der Waals surface area contributed by atoms with E-state index in [4.69, 9.17) is 0 Å². The molecule has 1 aliphatic carbocycles. The van der Waals surface area contributed by atoms with Crippen molar-refractivity contribution < 1.29 is 18.3 Å². The minimum Gasteiger partial charge on any atom is -0.392 e. The normalized spacial score (nSPS) is 30.6. The summed E-state index contributed by atoms with van der Waals surface area (Å²) in [5, 5.41) is 12.2. The molecule has 84 valence electrons. The Hall–Kier alpha value is -0.290. The van der Waals surface area contributed by atoms with Crippen LogP contribution < -0.4 is 5.32 Å². The molecule has 0 amide bonds. The number of aliphatic hydroxyl groups is 1. The van der Waals surface area contributed by atoms with E-state index in [1.165, 1.54) is 6.92 Å². The highest BCUT2D eigenvalue weighted by molar-refractivity contribution is 4.84. The number of nitrogens with one attached hydrogen (secondary N) is 1. The summed E-state index contributed by atoms with van der Waals surface area (Å²) in [6.07, 6.45) is -3.10. The molecular weight excluding hydrogens is 195 g/mol. The highest BCUT2D eigenvalue weighted by Gasteiger charge is 2.32. The molecule has 0 aromatic carbocycles. The van der Waals surface area contributed by atoms with Gasteiger partial charge in [-0.3, -0.25) is 0 Å². The van der Waals surface area contributed by atoms with Gasteiger partial charge in [0.15, 0.2) is 0 Å². The van der Waals surface area contributed by atoms with Crippen LogP contribution in [-0.2, 0) is 0 Å². The van der Waals surface area contributed by atoms with Crippen molar-refractivity contribution >= 4 is 0 Å². The fourth-order valence-electron chi connectivity index (χ4n) is 1.91. The Morgan fingerprint density at radius 3 is 2.50 bits per heavy atom. The van der Waals surface area contributed by atoms with Gasteiger partial charge in [-0.25, -0.2) is 0 Å². The first kappa shape index (κ1) is 11.8. The Labute approximate surface area is 81.5 Å². The van der Waals surface area contributed by atoms with Crippen molar-refractivity contribution in [1.82, 2.24) is 5.32 Å². The van der Waals surface area contributed by atoms with Crippen LogP contribution in [0.25, 0.3) is 0 Å². The molecule has 3 unspecified atom stereocenters. The van der Waals surface area contributed by atoms with Gasteiger partial charge >= 0.3 is 6.18 Å². The van der Waals surface area contributed by atoms with Gasteiger partial charge in [-0.05, 0) is 26.2 Å². The minimum atomic E-state index is -4.13. The van der Waals surface area contributed by atoms with Gasteiger partial charge in [0.05, 0.1) is 12.5 Å². The van der Waals surface area contributed by atoms with Gasteiger partial charge in [0.2, 0.25) is 0 Å². The van der Waals surface area contributed by atoms with Gasteiger partial charge in [-0.2, -0.15) is 13.2 Å². The largest absolute Gasteiger partial charge is 0.392 e. The Morgan fingerprint density at radius 2 is 2.07 bits per heavy atom. The predicted octanol–water partition coefficient (Wildman–Crippen LogP) is 1.83. The van der Waals surface area contributed by atoms with E-state index in [1.54, 1.807) is 0 Å². The molecule has 1 fully saturated rings. The van der Waals surface area contributed by atoms with Crippen molar-refractivity contribution in [3.8, 4) is 0 Å². The van der Waals surface area contributed by atoms with Gasteiger partial charge in [0.1, 0.15) is 0 Å². The smallest absolute Gasteiger partial charge is 0.390 e. The Balaban J connectivity index is 2.29. The van der Waals surface area contributed by atoms with Crippen LogP contribution >= 0.6 is 0 Å². The molecule has 1 saturated carbocycles. The highest BCUT2D eigenvalue weighted by atomic mass is 19.4. The van der Waals surface area contributed by atoms with Crippen LogP contribution in [0, 0.1) is 0 Å². The summed E-state index contributed by atoms with van der Waals surface area (Å²) in [5.74, 6) is 0. The van der Waals surface area contributed by atoms with Crippen molar-refractivity contribution in [2.24, 2.45) is 0 Å². The molecule has 2 N–H and O–H groups in total. The van der Waals surface area contributed by atoms with Crippen molar-refractivity contribution in [1.29, 1.82) is 0 Å². The molecule has 0 spiro atoms. The third-order valence-electron chi connectivity index (χ3n) is 2.52. The topological polar surface area (TPSA) is 32.3 Å². The first-order valence-corrected chi connectivity index (χ1v) is 4.89. The summed E-state index contributed by atoms with van der Waals surface area (Å²) in [6, 6.07) is -0.778. The molecule has 0 radical (unpaired) electrons. The highest BCUT2D eigenvalue weighted by Crippen LogP contribution is 2.24. The van der Waals surface area contributed by atoms with E-state index in [-0.39, 0.29) is 6.04 Å². The number of hydrogen-bond acceptors (Lipinski definition) is 2. The maximum atomic E-state index is 12.0. The van der Waals surface area contributed by atoms with Crippen LogP contribution in [0.15, 0.2) is 0 Å². The average Bonchev–Trinajstić information content (AvgIpc) is 2.32. The summed E-state index contributed by atoms with van der Waals surface area (Å²) in [7, 11) is 0. The van der Waals surface area contributed by atoms with E-state index < -0.39 is 24.7 Å². The summed E-state index contributed by atoms with van der Waals surface area (Å²) in [6.45, 7) is 1.50. The zero-order valence-electron chi connectivity index (χ0n) is 8.14. The third-order valence-corrected chi connectivity index (χ3v) is 2.52. The summed E-state index contributed by atoms with van der Waals surface area (Å²) >= 11 is 0. The Bertz CT molecular complexity index is 183. The van der Waals surface area contributed by atoms with Gasteiger partial charge in [-0.15, -0.1) is 0 Å². The molecule has 0 aliphatic heterocycles. The van der Waals surface area contributed by atoms with Crippen LogP contribution in [0.3, 0.4) is 0 Å². The van der Waals surface area contributed by atoms with E-state index in [1.807, 2.05) is 0 Å². The maximum Gasteiger partial charge on any atom is 0.390 e. The molecule has 1 rings (SSSR count). The van der Waals surface area contributed by atoms with Crippen LogP contribution in [-0.4, -0.2) is 29.5 Å². The van der Waals surface area contributed by atoms with Crippen LogP contribution in [0.2, 0.25) is 0 Å². The molecule has 1 aliphatic rings. The van der Waals surface area contributed by atoms with Gasteiger partial charge in [0.25, 0.3) is 0 Å². The minimum absolute atomic E-state index is 0.160. The van der Waals surface area contributed by atoms with Crippen molar-refractivity contribution in [3.05, 3.63) is 0 Å². The molecule has 0 aromatic heterocycles. The lowest BCUT2D eigenvalue weighted by atomic mass is 10.1. The zero-order chi connectivity index (χ0) is 10.8. The molecule has 5 heteroatoms. The Kier molecular flexibility index (Phi) is 3.78. The molecule has 0 aromatic rings. The molecule has 0 heterocycles. The molecule has 2 nitrogen and oxygen atoms in total. The summed E-state index contributed by atoms with van der Waals surface area (Å²) < 4.78 is 35.9. The lowest BCUT2D eigenvalue weighted by Gasteiger charge is -2.22. The number of rotatable bonds is 3. The molecule has 0 bridgehead atoms. The van der Waals surface area contributed by atoms with Crippen molar-refractivity contribution in [3.63, 3.8) is 0 Å². The SMILES string of the molecule is CC(CC(F)(F)F)NC1CCCC1O. The second kappa shape index (κ2) is 4.49. The second-order valence-corrected chi connectivity index (χ2v) is 3.99. The second-order valence-electron chi connectivity index (χ2n) is 3.99. The van der Waals surface area contributed by atoms with E-state index in [0.29, 0.717) is 6.42 Å². The van der Waals surface area contributed by atoms with Crippen molar-refractivity contribution in [2.45, 2.75) is 57.0 Å². The number of halogens is 3. The molecular formula is C9H16F3NO. The summed E-state index contributed by atoms with van der Waals surface area (Å²) in [4.78, 5) is 0. The standard InChI is InChI=1S/C9H16F3NO/c1-6(5-9(10,11)12)13-7-3-2-4-8(7)14/h6-8,13-14H,2-5H2,1H3. The lowest BCUT2D eigenvalue weighted by molar-refractivity contribution is -0.139. The summed E-state index contributed by atoms with van der Waals surface area (Å²) in [5.41, 5.74) is 0. The third kappa shape index (κ3) is 3.84. The van der Waals surface area contributed by atoms with E-state index >= 15 is 0 Å². The van der Waals surface area contributed by atoms with E-state index in [2.05, 4.69) is 5.32 Å². The van der Waals surface area contributed by atoms with Crippen LogP contribution in [0.5, 0.6) is 0 Å². The number of aliphatic hydroxyl groups excluding tert-OH is 1. The first-order valence-electron chi connectivity index (χ1n) is 4.89. The van der Waals surface area contributed by atoms with Crippen molar-refractivity contribution in [2.75, 3.05) is 0 Å². The molecule has 3 atom stereocenters. The predicted molar refractivity (Wildman–Crippen MR) is 46.9 cm³/mol. The monoisotopic (exact) mass is 211 g/mol. The van der Waals surface area contributed by atoms with Gasteiger partial charge < -0.3 is 10.4 Å². The lowest BCUT2D eigenvalue weighted by Crippen LogP contribution is -2.42. The number of alkyl halides is 3. The molecule has 0 saturated heterocycles. The fraction of sp³-hybridized carbons (Fsp3) is 1.00. The van der Waals surface area contributed by atoms with E-state index in [9.17, 15) is 18.3 Å². The zero-order valence-corrected chi connectivity index (χ0v) is 8.14. The van der Waals surface area contributed by atoms with E-state index in [0.717, 1.165) is 12.8 Å². The molecule has 14 heavy (non-hydrogen) atoms. The average molecular weight is 211 g/mol. The number of hydrogen-bond donors (Lipinski definition) is 2. The van der Waals surface area contributed by atoms with Gasteiger partial charge in [-0.1, -0.05) is 0 Å². The maximum absolute atomic E-state index is 12.0. The first-order chi connectivity index (χ1) is 6.38. The fourth-order valence-corrected chi connectivity index (χ4v) is 1.91. The van der Waals surface area contributed by atoms with Gasteiger partial charge in [0, 0.05) is 12.1 Å². The van der Waals surface area contributed by atoms with Crippen LogP contribution in [0.1, 0.15) is 32.6 Å².